The number of anilines is 1. The molecule has 0 spiro atoms. The van der Waals surface area contributed by atoms with Gasteiger partial charge in [-0.1, -0.05) is 19.9 Å². The summed E-state index contributed by atoms with van der Waals surface area (Å²) >= 11 is 0. The molecule has 1 saturated heterocycles. The van der Waals surface area contributed by atoms with E-state index in [2.05, 4.69) is 13.8 Å². The summed E-state index contributed by atoms with van der Waals surface area (Å²) in [6.45, 7) is 10.2. The summed E-state index contributed by atoms with van der Waals surface area (Å²) in [5, 5.41) is 0. The number of carbonyl (C=O) groups excluding carboxylic acids is 1. The quantitative estimate of drug-likeness (QED) is 0.831. The Balaban J connectivity index is 2.19. The third kappa shape index (κ3) is 2.75. The number of amides is 1. The molecular weight excluding hydrogens is 236 g/mol. The van der Waals surface area contributed by atoms with Gasteiger partial charge in [0.2, 0.25) is 0 Å². The van der Waals surface area contributed by atoms with Crippen molar-refractivity contribution < 1.29 is 4.79 Å². The normalized spacial score (nSPS) is 19.2. The highest BCUT2D eigenvalue weighted by Crippen LogP contribution is 2.26. The molecular formula is C16H24N2O. The Labute approximate surface area is 115 Å². The molecule has 0 radical (unpaired) electrons. The van der Waals surface area contributed by atoms with Crippen molar-refractivity contribution in [3.63, 3.8) is 0 Å². The minimum atomic E-state index is 0.132. The fourth-order valence-corrected chi connectivity index (χ4v) is 2.79. The van der Waals surface area contributed by atoms with Crippen LogP contribution in [0.2, 0.25) is 0 Å². The molecule has 104 valence electrons. The number of benzene rings is 1. The van der Waals surface area contributed by atoms with Crippen LogP contribution in [0.5, 0.6) is 0 Å². The molecule has 0 aliphatic carbocycles. The molecule has 19 heavy (non-hydrogen) atoms. The molecule has 1 unspecified atom stereocenters. The maximum Gasteiger partial charge on any atom is 0.254 e. The third-order valence-corrected chi connectivity index (χ3v) is 4.30. The molecule has 3 heteroatoms. The van der Waals surface area contributed by atoms with Crippen molar-refractivity contribution in [1.29, 1.82) is 0 Å². The lowest BCUT2D eigenvalue weighted by Gasteiger charge is -2.20. The van der Waals surface area contributed by atoms with Gasteiger partial charge >= 0.3 is 0 Å². The van der Waals surface area contributed by atoms with Gasteiger partial charge in [-0.25, -0.2) is 0 Å². The van der Waals surface area contributed by atoms with Crippen LogP contribution in [0.4, 0.5) is 5.69 Å². The summed E-state index contributed by atoms with van der Waals surface area (Å²) in [7, 11) is 0. The van der Waals surface area contributed by atoms with Gasteiger partial charge in [-0.15, -0.1) is 0 Å². The molecule has 1 aromatic carbocycles. The summed E-state index contributed by atoms with van der Waals surface area (Å²) in [5.41, 5.74) is 9.45. The van der Waals surface area contributed by atoms with Crippen LogP contribution < -0.4 is 5.73 Å². The molecule has 1 heterocycles. The SMILES string of the molecule is Cc1cc(C)c(C(=O)N2CCC(C(C)C)C2)cc1N. The summed E-state index contributed by atoms with van der Waals surface area (Å²) < 4.78 is 0. The summed E-state index contributed by atoms with van der Waals surface area (Å²) in [5.74, 6) is 1.40. The number of nitrogens with zero attached hydrogens (tertiary/aromatic N) is 1. The molecule has 1 fully saturated rings. The molecule has 1 aromatic rings. The van der Waals surface area contributed by atoms with E-state index in [0.717, 1.165) is 36.2 Å². The van der Waals surface area contributed by atoms with Crippen molar-refractivity contribution in [3.8, 4) is 0 Å². The second kappa shape index (κ2) is 5.24. The Hall–Kier alpha value is -1.51. The van der Waals surface area contributed by atoms with Gasteiger partial charge in [-0.05, 0) is 49.3 Å². The van der Waals surface area contributed by atoms with Crippen LogP contribution in [0.15, 0.2) is 12.1 Å². The minimum Gasteiger partial charge on any atom is -0.398 e. The standard InChI is InChI=1S/C16H24N2O/c1-10(2)13-5-6-18(9-13)16(19)14-8-15(17)12(4)7-11(14)3/h7-8,10,13H,5-6,9,17H2,1-4H3. The van der Waals surface area contributed by atoms with Gasteiger partial charge in [-0.3, -0.25) is 4.79 Å². The fourth-order valence-electron chi connectivity index (χ4n) is 2.79. The van der Waals surface area contributed by atoms with Crippen molar-refractivity contribution in [1.82, 2.24) is 4.90 Å². The Bertz CT molecular complexity index is 494. The van der Waals surface area contributed by atoms with E-state index in [0.29, 0.717) is 17.5 Å². The summed E-state index contributed by atoms with van der Waals surface area (Å²) in [4.78, 5) is 14.5. The number of hydrogen-bond acceptors (Lipinski definition) is 2. The fraction of sp³-hybridized carbons (Fsp3) is 0.562. The van der Waals surface area contributed by atoms with Crippen LogP contribution >= 0.6 is 0 Å². The van der Waals surface area contributed by atoms with Gasteiger partial charge in [0, 0.05) is 24.3 Å². The molecule has 1 amide bonds. The van der Waals surface area contributed by atoms with Crippen LogP contribution in [-0.4, -0.2) is 23.9 Å². The molecule has 1 aliphatic heterocycles. The Morgan fingerprint density at radius 1 is 1.32 bits per heavy atom. The highest BCUT2D eigenvalue weighted by molar-refractivity contribution is 5.97. The van der Waals surface area contributed by atoms with E-state index in [1.165, 1.54) is 0 Å². The largest absolute Gasteiger partial charge is 0.398 e. The van der Waals surface area contributed by atoms with Crippen molar-refractivity contribution in [2.24, 2.45) is 11.8 Å². The molecule has 2 rings (SSSR count). The van der Waals surface area contributed by atoms with Crippen LogP contribution in [0.3, 0.4) is 0 Å². The number of aryl methyl sites for hydroxylation is 2. The number of nitrogen functional groups attached to an aromatic ring is 1. The predicted octanol–water partition coefficient (Wildman–Crippen LogP) is 3.00. The lowest BCUT2D eigenvalue weighted by atomic mass is 9.95. The van der Waals surface area contributed by atoms with Crippen molar-refractivity contribution in [2.75, 3.05) is 18.8 Å². The number of likely N-dealkylation sites (tertiary alicyclic amines) is 1. The molecule has 0 saturated carbocycles. The molecule has 1 atom stereocenters. The maximum atomic E-state index is 12.6. The van der Waals surface area contributed by atoms with Crippen molar-refractivity contribution >= 4 is 11.6 Å². The zero-order chi connectivity index (χ0) is 14.2. The van der Waals surface area contributed by atoms with Crippen molar-refractivity contribution in [3.05, 3.63) is 28.8 Å². The second-order valence-corrected chi connectivity index (χ2v) is 6.07. The molecule has 1 aliphatic rings. The minimum absolute atomic E-state index is 0.132. The van der Waals surface area contributed by atoms with Crippen LogP contribution in [0, 0.1) is 25.7 Å². The van der Waals surface area contributed by atoms with Gasteiger partial charge in [0.15, 0.2) is 0 Å². The first kappa shape index (κ1) is 13.9. The molecule has 0 bridgehead atoms. The number of carbonyl (C=O) groups is 1. The molecule has 3 nitrogen and oxygen atoms in total. The smallest absolute Gasteiger partial charge is 0.254 e. The van der Waals surface area contributed by atoms with Gasteiger partial charge < -0.3 is 10.6 Å². The van der Waals surface area contributed by atoms with Gasteiger partial charge in [0.05, 0.1) is 0 Å². The van der Waals surface area contributed by atoms with E-state index in [4.69, 9.17) is 5.73 Å². The van der Waals surface area contributed by atoms with Crippen LogP contribution in [0.1, 0.15) is 41.8 Å². The Kier molecular flexibility index (Phi) is 3.83. The first-order valence-corrected chi connectivity index (χ1v) is 7.06. The van der Waals surface area contributed by atoms with E-state index >= 15 is 0 Å². The third-order valence-electron chi connectivity index (χ3n) is 4.30. The van der Waals surface area contributed by atoms with E-state index in [-0.39, 0.29) is 5.91 Å². The van der Waals surface area contributed by atoms with E-state index < -0.39 is 0 Å². The lowest BCUT2D eigenvalue weighted by molar-refractivity contribution is 0.0783. The number of nitrogens with two attached hydrogens (primary N) is 1. The maximum absolute atomic E-state index is 12.6. The van der Waals surface area contributed by atoms with Crippen LogP contribution in [0.25, 0.3) is 0 Å². The number of rotatable bonds is 2. The lowest BCUT2D eigenvalue weighted by Crippen LogP contribution is -2.30. The average molecular weight is 260 g/mol. The van der Waals surface area contributed by atoms with E-state index in [1.54, 1.807) is 0 Å². The zero-order valence-corrected chi connectivity index (χ0v) is 12.4. The van der Waals surface area contributed by atoms with Gasteiger partial charge in [0.1, 0.15) is 0 Å². The van der Waals surface area contributed by atoms with Crippen molar-refractivity contribution in [2.45, 2.75) is 34.1 Å². The summed E-state index contributed by atoms with van der Waals surface area (Å²) in [6.07, 6.45) is 1.11. The number of hydrogen-bond donors (Lipinski definition) is 1. The van der Waals surface area contributed by atoms with Crippen LogP contribution in [-0.2, 0) is 0 Å². The Morgan fingerprint density at radius 2 is 2.00 bits per heavy atom. The highest BCUT2D eigenvalue weighted by Gasteiger charge is 2.29. The summed E-state index contributed by atoms with van der Waals surface area (Å²) in [6, 6.07) is 3.83. The van der Waals surface area contributed by atoms with Gasteiger partial charge in [0.25, 0.3) is 5.91 Å². The Morgan fingerprint density at radius 3 is 2.58 bits per heavy atom. The topological polar surface area (TPSA) is 46.3 Å². The van der Waals surface area contributed by atoms with Gasteiger partial charge in [-0.2, -0.15) is 0 Å². The zero-order valence-electron chi connectivity index (χ0n) is 12.4. The molecule has 2 N–H and O–H groups in total. The van der Waals surface area contributed by atoms with E-state index in [1.807, 2.05) is 30.9 Å². The second-order valence-electron chi connectivity index (χ2n) is 6.07. The average Bonchev–Trinajstić information content (AvgIpc) is 2.82. The first-order valence-electron chi connectivity index (χ1n) is 7.06. The van der Waals surface area contributed by atoms with E-state index in [9.17, 15) is 4.79 Å². The monoisotopic (exact) mass is 260 g/mol. The first-order chi connectivity index (χ1) is 8.90. The highest BCUT2D eigenvalue weighted by atomic mass is 16.2. The predicted molar refractivity (Wildman–Crippen MR) is 79.2 cm³/mol. The molecule has 0 aromatic heterocycles.